The van der Waals surface area contributed by atoms with Crippen LogP contribution in [0.3, 0.4) is 0 Å². The predicted octanol–water partition coefficient (Wildman–Crippen LogP) is 2.96. The van der Waals surface area contributed by atoms with Crippen LogP contribution in [-0.2, 0) is 0 Å². The van der Waals surface area contributed by atoms with Crippen LogP contribution in [0.2, 0.25) is 0 Å². The van der Waals surface area contributed by atoms with Crippen molar-refractivity contribution in [3.05, 3.63) is 48.0 Å². The summed E-state index contributed by atoms with van der Waals surface area (Å²) in [6.07, 6.45) is 0. The lowest BCUT2D eigenvalue weighted by atomic mass is 10.1. The summed E-state index contributed by atoms with van der Waals surface area (Å²) in [5.74, 6) is 1.42. The van der Waals surface area contributed by atoms with E-state index in [9.17, 15) is 4.79 Å². The molecule has 0 unspecified atom stereocenters. The second-order valence-corrected chi connectivity index (χ2v) is 4.22. The number of ether oxygens (including phenoxy) is 3. The van der Waals surface area contributed by atoms with Crippen LogP contribution < -0.4 is 19.5 Å². The van der Waals surface area contributed by atoms with Gasteiger partial charge in [-0.3, -0.25) is 4.79 Å². The van der Waals surface area contributed by atoms with E-state index in [0.29, 0.717) is 28.5 Å². The Labute approximate surface area is 123 Å². The number of hydrogen-bond acceptors (Lipinski definition) is 4. The number of nitrogens with one attached hydrogen (secondary N) is 1. The van der Waals surface area contributed by atoms with Gasteiger partial charge in [0.1, 0.15) is 17.2 Å². The number of para-hydroxylation sites is 1. The van der Waals surface area contributed by atoms with Crippen molar-refractivity contribution in [1.29, 1.82) is 0 Å². The maximum Gasteiger partial charge on any atom is 0.259 e. The van der Waals surface area contributed by atoms with Gasteiger partial charge < -0.3 is 19.5 Å². The lowest BCUT2D eigenvalue weighted by Crippen LogP contribution is -2.13. The van der Waals surface area contributed by atoms with Gasteiger partial charge >= 0.3 is 0 Å². The van der Waals surface area contributed by atoms with Crippen molar-refractivity contribution in [2.24, 2.45) is 0 Å². The van der Waals surface area contributed by atoms with Gasteiger partial charge in [0, 0.05) is 6.07 Å². The van der Waals surface area contributed by atoms with E-state index in [1.54, 1.807) is 50.6 Å². The van der Waals surface area contributed by atoms with Crippen LogP contribution in [0.4, 0.5) is 5.69 Å². The molecule has 0 aromatic heterocycles. The van der Waals surface area contributed by atoms with Crippen molar-refractivity contribution in [3.8, 4) is 17.2 Å². The van der Waals surface area contributed by atoms with Gasteiger partial charge in [0.15, 0.2) is 0 Å². The fourth-order valence-corrected chi connectivity index (χ4v) is 1.93. The second-order valence-electron chi connectivity index (χ2n) is 4.22. The molecule has 0 saturated carbocycles. The molecule has 0 saturated heterocycles. The average Bonchev–Trinajstić information content (AvgIpc) is 2.54. The second kappa shape index (κ2) is 6.65. The zero-order chi connectivity index (χ0) is 15.2. The molecule has 0 spiro atoms. The molecular weight excluding hydrogens is 270 g/mol. The van der Waals surface area contributed by atoms with Crippen LogP contribution in [0.15, 0.2) is 42.5 Å². The highest BCUT2D eigenvalue weighted by molar-refractivity contribution is 6.07. The number of methoxy groups -OCH3 is 3. The molecule has 0 radical (unpaired) electrons. The molecule has 110 valence electrons. The summed E-state index contributed by atoms with van der Waals surface area (Å²) in [6.45, 7) is 0. The van der Waals surface area contributed by atoms with Crippen molar-refractivity contribution in [2.75, 3.05) is 26.6 Å². The average molecular weight is 287 g/mol. The monoisotopic (exact) mass is 287 g/mol. The van der Waals surface area contributed by atoms with E-state index in [2.05, 4.69) is 5.32 Å². The molecule has 2 rings (SSSR count). The largest absolute Gasteiger partial charge is 0.497 e. The van der Waals surface area contributed by atoms with Gasteiger partial charge in [-0.1, -0.05) is 12.1 Å². The summed E-state index contributed by atoms with van der Waals surface area (Å²) < 4.78 is 15.6. The summed E-state index contributed by atoms with van der Waals surface area (Å²) >= 11 is 0. The first kappa shape index (κ1) is 14.7. The zero-order valence-corrected chi connectivity index (χ0v) is 12.2. The molecule has 21 heavy (non-hydrogen) atoms. The fourth-order valence-electron chi connectivity index (χ4n) is 1.93. The Morgan fingerprint density at radius 2 is 1.62 bits per heavy atom. The maximum atomic E-state index is 12.4. The van der Waals surface area contributed by atoms with Gasteiger partial charge in [-0.2, -0.15) is 0 Å². The lowest BCUT2D eigenvalue weighted by Gasteiger charge is -2.13. The summed E-state index contributed by atoms with van der Waals surface area (Å²) in [5, 5.41) is 2.80. The van der Waals surface area contributed by atoms with Gasteiger partial charge in [-0.05, 0) is 24.3 Å². The van der Waals surface area contributed by atoms with Gasteiger partial charge in [0.2, 0.25) is 0 Å². The first-order chi connectivity index (χ1) is 10.2. The third-order valence-electron chi connectivity index (χ3n) is 3.01. The first-order valence-corrected chi connectivity index (χ1v) is 6.36. The minimum absolute atomic E-state index is 0.279. The third kappa shape index (κ3) is 3.25. The molecule has 0 atom stereocenters. The Morgan fingerprint density at radius 3 is 2.29 bits per heavy atom. The highest BCUT2D eigenvalue weighted by Crippen LogP contribution is 2.30. The summed E-state index contributed by atoms with van der Waals surface area (Å²) in [5.41, 5.74) is 0.984. The van der Waals surface area contributed by atoms with Crippen molar-refractivity contribution in [2.45, 2.75) is 0 Å². The predicted molar refractivity (Wildman–Crippen MR) is 80.5 cm³/mol. The van der Waals surface area contributed by atoms with Crippen LogP contribution in [0, 0.1) is 0 Å². The summed E-state index contributed by atoms with van der Waals surface area (Å²) in [4.78, 5) is 12.4. The highest BCUT2D eigenvalue weighted by atomic mass is 16.5. The van der Waals surface area contributed by atoms with Gasteiger partial charge in [0.05, 0.1) is 32.6 Å². The van der Waals surface area contributed by atoms with Crippen LogP contribution >= 0.6 is 0 Å². The van der Waals surface area contributed by atoms with E-state index < -0.39 is 0 Å². The molecule has 0 aliphatic rings. The van der Waals surface area contributed by atoms with Crippen molar-refractivity contribution in [1.82, 2.24) is 0 Å². The maximum absolute atomic E-state index is 12.4. The summed E-state index contributed by atoms with van der Waals surface area (Å²) in [7, 11) is 4.63. The first-order valence-electron chi connectivity index (χ1n) is 6.36. The van der Waals surface area contributed by atoms with Gasteiger partial charge in [-0.25, -0.2) is 0 Å². The molecule has 0 heterocycles. The molecule has 1 amide bonds. The Bertz CT molecular complexity index is 640. The molecule has 2 aromatic carbocycles. The zero-order valence-electron chi connectivity index (χ0n) is 12.2. The van der Waals surface area contributed by atoms with Crippen LogP contribution in [0.5, 0.6) is 17.2 Å². The number of rotatable bonds is 5. The molecule has 0 aliphatic heterocycles. The normalized spacial score (nSPS) is 9.86. The number of benzene rings is 2. The highest BCUT2D eigenvalue weighted by Gasteiger charge is 2.14. The van der Waals surface area contributed by atoms with E-state index in [-0.39, 0.29) is 5.91 Å². The Kier molecular flexibility index (Phi) is 4.66. The number of anilines is 1. The van der Waals surface area contributed by atoms with Crippen LogP contribution in [0.25, 0.3) is 0 Å². The molecule has 2 aromatic rings. The van der Waals surface area contributed by atoms with E-state index >= 15 is 0 Å². The quantitative estimate of drug-likeness (QED) is 0.918. The molecule has 0 aliphatic carbocycles. The lowest BCUT2D eigenvalue weighted by molar-refractivity contribution is 0.102. The SMILES string of the molecule is COc1ccc(OC)c(NC(=O)c2ccccc2OC)c1. The van der Waals surface area contributed by atoms with E-state index in [0.717, 1.165) is 0 Å². The number of hydrogen-bond donors (Lipinski definition) is 1. The van der Waals surface area contributed by atoms with Crippen molar-refractivity contribution in [3.63, 3.8) is 0 Å². The van der Waals surface area contributed by atoms with Crippen molar-refractivity contribution < 1.29 is 19.0 Å². The Balaban J connectivity index is 2.30. The Morgan fingerprint density at radius 1 is 0.905 bits per heavy atom. The van der Waals surface area contributed by atoms with E-state index in [4.69, 9.17) is 14.2 Å². The molecule has 0 bridgehead atoms. The van der Waals surface area contributed by atoms with Crippen LogP contribution in [-0.4, -0.2) is 27.2 Å². The molecule has 5 nitrogen and oxygen atoms in total. The molecule has 1 N–H and O–H groups in total. The Hall–Kier alpha value is -2.69. The molecule has 0 fully saturated rings. The minimum atomic E-state index is -0.279. The van der Waals surface area contributed by atoms with E-state index in [1.165, 1.54) is 7.11 Å². The minimum Gasteiger partial charge on any atom is -0.497 e. The molecule has 5 heteroatoms. The number of carbonyl (C=O) groups excluding carboxylic acids is 1. The van der Waals surface area contributed by atoms with Gasteiger partial charge in [-0.15, -0.1) is 0 Å². The third-order valence-corrected chi connectivity index (χ3v) is 3.01. The smallest absolute Gasteiger partial charge is 0.259 e. The standard InChI is InChI=1S/C16H17NO4/c1-19-11-8-9-15(21-3)13(10-11)17-16(18)12-6-4-5-7-14(12)20-2/h4-10H,1-3H3,(H,17,18). The topological polar surface area (TPSA) is 56.8 Å². The van der Waals surface area contributed by atoms with Gasteiger partial charge in [0.25, 0.3) is 5.91 Å². The number of carbonyl (C=O) groups is 1. The van der Waals surface area contributed by atoms with Crippen LogP contribution in [0.1, 0.15) is 10.4 Å². The summed E-state index contributed by atoms with van der Waals surface area (Å²) in [6, 6.07) is 12.2. The van der Waals surface area contributed by atoms with E-state index in [1.807, 2.05) is 6.07 Å². The fraction of sp³-hybridized carbons (Fsp3) is 0.188. The molecular formula is C16H17NO4. The number of amides is 1. The van der Waals surface area contributed by atoms with Crippen molar-refractivity contribution >= 4 is 11.6 Å².